The molecular weight excluding hydrogens is 214 g/mol. The number of Topliss-reactive ketones (excluding diaryl/α,β-unsaturated/α-hetero) is 1. The normalized spacial score (nSPS) is 29.5. The first-order valence-electron chi connectivity index (χ1n) is 6.72. The van der Waals surface area contributed by atoms with E-state index in [2.05, 4.69) is 24.8 Å². The van der Waals surface area contributed by atoms with Gasteiger partial charge in [0.2, 0.25) is 0 Å². The smallest absolute Gasteiger partial charge is 0.162 e. The van der Waals surface area contributed by atoms with E-state index in [1.54, 1.807) is 0 Å². The highest BCUT2D eigenvalue weighted by Gasteiger charge is 2.30. The van der Waals surface area contributed by atoms with Gasteiger partial charge in [0.15, 0.2) is 5.78 Å². The first-order chi connectivity index (χ1) is 8.16. The fourth-order valence-corrected chi connectivity index (χ4v) is 2.68. The summed E-state index contributed by atoms with van der Waals surface area (Å²) in [6.45, 7) is 8.79. The van der Waals surface area contributed by atoms with Crippen LogP contribution < -0.4 is 0 Å². The van der Waals surface area contributed by atoms with Crippen molar-refractivity contribution in [1.82, 2.24) is 4.90 Å². The number of allylic oxidation sites excluding steroid dienone is 2. The third-order valence-corrected chi connectivity index (χ3v) is 3.57. The van der Waals surface area contributed by atoms with Crippen molar-refractivity contribution in [3.05, 3.63) is 11.6 Å². The van der Waals surface area contributed by atoms with Gasteiger partial charge in [-0.25, -0.2) is 0 Å². The molecule has 0 spiro atoms. The van der Waals surface area contributed by atoms with E-state index in [-0.39, 0.29) is 5.92 Å². The molecule has 0 bridgehead atoms. The summed E-state index contributed by atoms with van der Waals surface area (Å²) in [5.41, 5.74) is 1.07. The lowest BCUT2D eigenvalue weighted by Crippen LogP contribution is -2.40. The van der Waals surface area contributed by atoms with Crippen molar-refractivity contribution in [3.8, 4) is 0 Å². The van der Waals surface area contributed by atoms with Gasteiger partial charge in [-0.15, -0.1) is 0 Å². The largest absolute Gasteiger partial charge is 0.379 e. The van der Waals surface area contributed by atoms with Crippen LogP contribution >= 0.6 is 0 Å². The average molecular weight is 237 g/mol. The third-order valence-electron chi connectivity index (χ3n) is 3.57. The lowest BCUT2D eigenvalue weighted by atomic mass is 10.0. The number of carbonyl (C=O) groups is 1. The van der Waals surface area contributed by atoms with E-state index in [0.29, 0.717) is 11.7 Å². The summed E-state index contributed by atoms with van der Waals surface area (Å²) in [4.78, 5) is 14.6. The molecule has 3 heteroatoms. The Morgan fingerprint density at radius 2 is 2.12 bits per heavy atom. The number of rotatable bonds is 3. The number of hydrogen-bond donors (Lipinski definition) is 0. The van der Waals surface area contributed by atoms with Crippen LogP contribution in [0.1, 0.15) is 26.7 Å². The maximum absolute atomic E-state index is 12.2. The molecule has 1 unspecified atom stereocenters. The molecule has 0 aromatic rings. The second kappa shape index (κ2) is 5.78. The number of ether oxygens (including phenoxy) is 1. The number of carbonyl (C=O) groups excluding carboxylic acids is 1. The molecule has 0 amide bonds. The van der Waals surface area contributed by atoms with Crippen molar-refractivity contribution in [3.63, 3.8) is 0 Å². The third kappa shape index (κ3) is 3.39. The van der Waals surface area contributed by atoms with Crippen LogP contribution in [-0.2, 0) is 9.53 Å². The van der Waals surface area contributed by atoms with Crippen molar-refractivity contribution in [2.24, 2.45) is 11.8 Å². The molecule has 0 N–H and O–H groups in total. The van der Waals surface area contributed by atoms with E-state index in [4.69, 9.17) is 4.74 Å². The highest BCUT2D eigenvalue weighted by molar-refractivity contribution is 5.99. The second-order valence-corrected chi connectivity index (χ2v) is 5.45. The van der Waals surface area contributed by atoms with Crippen molar-refractivity contribution in [2.75, 3.05) is 32.8 Å². The quantitative estimate of drug-likeness (QED) is 0.702. The SMILES string of the molecule is CC(C)/C=C1/CCC(CN2CCOCC2)C1=O. The first kappa shape index (κ1) is 12.8. The zero-order valence-electron chi connectivity index (χ0n) is 10.9. The number of nitrogens with zero attached hydrogens (tertiary/aromatic N) is 1. The Bertz CT molecular complexity index is 303. The fraction of sp³-hybridized carbons (Fsp3) is 0.786. The minimum absolute atomic E-state index is 0.234. The molecule has 2 rings (SSSR count). The summed E-state index contributed by atoms with van der Waals surface area (Å²) in [5, 5.41) is 0. The molecule has 0 radical (unpaired) electrons. The monoisotopic (exact) mass is 237 g/mol. The lowest BCUT2D eigenvalue weighted by molar-refractivity contribution is -0.118. The molecule has 1 aliphatic carbocycles. The molecule has 3 nitrogen and oxygen atoms in total. The van der Waals surface area contributed by atoms with Crippen LogP contribution in [0, 0.1) is 11.8 Å². The van der Waals surface area contributed by atoms with Crippen molar-refractivity contribution < 1.29 is 9.53 Å². The van der Waals surface area contributed by atoms with Gasteiger partial charge in [0.05, 0.1) is 13.2 Å². The van der Waals surface area contributed by atoms with E-state index in [0.717, 1.165) is 51.3 Å². The zero-order valence-corrected chi connectivity index (χ0v) is 10.9. The number of hydrogen-bond acceptors (Lipinski definition) is 3. The van der Waals surface area contributed by atoms with Gasteiger partial charge in [-0.2, -0.15) is 0 Å². The van der Waals surface area contributed by atoms with Crippen LogP contribution in [0.25, 0.3) is 0 Å². The molecule has 1 heterocycles. The number of morpholine rings is 1. The molecule has 1 saturated carbocycles. The van der Waals surface area contributed by atoms with Gasteiger partial charge in [-0.1, -0.05) is 19.9 Å². The van der Waals surface area contributed by atoms with Crippen LogP contribution in [0.2, 0.25) is 0 Å². The Labute approximate surface area is 104 Å². The minimum Gasteiger partial charge on any atom is -0.379 e. The van der Waals surface area contributed by atoms with Crippen molar-refractivity contribution >= 4 is 5.78 Å². The summed E-state index contributed by atoms with van der Waals surface area (Å²) in [7, 11) is 0. The van der Waals surface area contributed by atoms with Crippen molar-refractivity contribution in [1.29, 1.82) is 0 Å². The highest BCUT2D eigenvalue weighted by atomic mass is 16.5. The number of ketones is 1. The Balaban J connectivity index is 1.88. The molecule has 1 atom stereocenters. The van der Waals surface area contributed by atoms with Gasteiger partial charge in [0.1, 0.15) is 0 Å². The topological polar surface area (TPSA) is 29.5 Å². The van der Waals surface area contributed by atoms with Gasteiger partial charge >= 0.3 is 0 Å². The maximum atomic E-state index is 12.2. The second-order valence-electron chi connectivity index (χ2n) is 5.45. The average Bonchev–Trinajstić information content (AvgIpc) is 2.62. The lowest BCUT2D eigenvalue weighted by Gasteiger charge is -2.28. The van der Waals surface area contributed by atoms with E-state index in [1.165, 1.54) is 0 Å². The zero-order chi connectivity index (χ0) is 12.3. The standard InChI is InChI=1S/C14H23NO2/c1-11(2)9-12-3-4-13(14(12)16)10-15-5-7-17-8-6-15/h9,11,13H,3-8,10H2,1-2H3/b12-9-. The summed E-state index contributed by atoms with van der Waals surface area (Å²) in [6.07, 6.45) is 4.16. The van der Waals surface area contributed by atoms with Crippen LogP contribution in [0.3, 0.4) is 0 Å². The molecule has 2 aliphatic rings. The molecule has 96 valence electrons. The van der Waals surface area contributed by atoms with Gasteiger partial charge < -0.3 is 4.74 Å². The molecule has 0 aromatic carbocycles. The molecular formula is C14H23NO2. The Kier molecular flexibility index (Phi) is 4.35. The molecule has 1 aliphatic heterocycles. The maximum Gasteiger partial charge on any atom is 0.162 e. The minimum atomic E-state index is 0.234. The van der Waals surface area contributed by atoms with Gasteiger partial charge in [-0.3, -0.25) is 9.69 Å². The van der Waals surface area contributed by atoms with Crippen LogP contribution in [0.5, 0.6) is 0 Å². The molecule has 17 heavy (non-hydrogen) atoms. The first-order valence-corrected chi connectivity index (χ1v) is 6.72. The summed E-state index contributed by atoms with van der Waals surface area (Å²) in [5.74, 6) is 1.11. The fourth-order valence-electron chi connectivity index (χ4n) is 2.68. The van der Waals surface area contributed by atoms with Gasteiger partial charge in [0.25, 0.3) is 0 Å². The van der Waals surface area contributed by atoms with Gasteiger partial charge in [-0.05, 0) is 24.3 Å². The van der Waals surface area contributed by atoms with E-state index < -0.39 is 0 Å². The van der Waals surface area contributed by atoms with Crippen LogP contribution in [-0.4, -0.2) is 43.5 Å². The Morgan fingerprint density at radius 3 is 2.76 bits per heavy atom. The Hall–Kier alpha value is -0.670. The summed E-state index contributed by atoms with van der Waals surface area (Å²) in [6, 6.07) is 0. The predicted octanol–water partition coefficient (Wildman–Crippen LogP) is 1.88. The summed E-state index contributed by atoms with van der Waals surface area (Å²) >= 11 is 0. The van der Waals surface area contributed by atoms with E-state index in [1.807, 2.05) is 0 Å². The predicted molar refractivity (Wildman–Crippen MR) is 67.9 cm³/mol. The van der Waals surface area contributed by atoms with Crippen LogP contribution in [0.4, 0.5) is 0 Å². The Morgan fingerprint density at radius 1 is 1.41 bits per heavy atom. The molecule has 2 fully saturated rings. The van der Waals surface area contributed by atoms with Gasteiger partial charge in [0, 0.05) is 25.6 Å². The van der Waals surface area contributed by atoms with Crippen molar-refractivity contribution in [2.45, 2.75) is 26.7 Å². The van der Waals surface area contributed by atoms with E-state index in [9.17, 15) is 4.79 Å². The molecule has 1 saturated heterocycles. The van der Waals surface area contributed by atoms with Crippen LogP contribution in [0.15, 0.2) is 11.6 Å². The summed E-state index contributed by atoms with van der Waals surface area (Å²) < 4.78 is 5.33. The highest BCUT2D eigenvalue weighted by Crippen LogP contribution is 2.28. The molecule has 0 aromatic heterocycles. The van der Waals surface area contributed by atoms with E-state index >= 15 is 0 Å².